The molecule has 0 unspecified atom stereocenters. The number of hydrogen-bond donors (Lipinski definition) is 2. The van der Waals surface area contributed by atoms with E-state index in [-0.39, 0.29) is 29.5 Å². The second-order valence-electron chi connectivity index (χ2n) is 5.94. The first kappa shape index (κ1) is 18.0. The van der Waals surface area contributed by atoms with Crippen molar-refractivity contribution >= 4 is 17.4 Å². The van der Waals surface area contributed by atoms with Crippen LogP contribution in [0.15, 0.2) is 41.2 Å². The van der Waals surface area contributed by atoms with Crippen molar-refractivity contribution in [2.75, 3.05) is 5.32 Å². The Balaban J connectivity index is 1.80. The maximum atomic E-state index is 12.3. The molecule has 0 aliphatic rings. The van der Waals surface area contributed by atoms with Gasteiger partial charge in [0.25, 0.3) is 11.2 Å². The number of H-pyrrole nitrogens is 1. The minimum atomic E-state index is -0.499. The molecule has 138 valence electrons. The fraction of sp³-hybridized carbons (Fsp3) is 0.176. The number of aromatic amines is 1. The van der Waals surface area contributed by atoms with Gasteiger partial charge in [0, 0.05) is 30.0 Å². The summed E-state index contributed by atoms with van der Waals surface area (Å²) in [6.07, 6.45) is 0.0278. The summed E-state index contributed by atoms with van der Waals surface area (Å²) in [5.74, 6) is 0.215. The van der Waals surface area contributed by atoms with Crippen molar-refractivity contribution in [3.05, 3.63) is 73.8 Å². The Labute approximate surface area is 153 Å². The average molecular weight is 368 g/mol. The van der Waals surface area contributed by atoms with E-state index in [1.165, 1.54) is 35.0 Å². The minimum Gasteiger partial charge on any atom is -0.310 e. The number of non-ortho nitro benzene ring substituents is 1. The van der Waals surface area contributed by atoms with E-state index in [0.717, 1.165) is 0 Å². The van der Waals surface area contributed by atoms with Crippen molar-refractivity contribution in [3.8, 4) is 5.95 Å². The van der Waals surface area contributed by atoms with Crippen LogP contribution in [0.25, 0.3) is 5.95 Å². The van der Waals surface area contributed by atoms with E-state index < -0.39 is 4.92 Å². The summed E-state index contributed by atoms with van der Waals surface area (Å²) in [6, 6.07) is 8.75. The molecule has 27 heavy (non-hydrogen) atoms. The summed E-state index contributed by atoms with van der Waals surface area (Å²) < 4.78 is 1.34. The smallest absolute Gasteiger partial charge is 0.269 e. The highest BCUT2D eigenvalue weighted by atomic mass is 16.6. The number of anilines is 1. The molecule has 1 amide bonds. The summed E-state index contributed by atoms with van der Waals surface area (Å²) in [5.41, 5.74) is 1.41. The van der Waals surface area contributed by atoms with Crippen LogP contribution in [-0.2, 0) is 11.2 Å². The molecule has 0 radical (unpaired) electrons. The zero-order chi connectivity index (χ0) is 19.6. The van der Waals surface area contributed by atoms with Gasteiger partial charge in [0.05, 0.1) is 17.0 Å². The number of aromatic nitrogens is 4. The van der Waals surface area contributed by atoms with Gasteiger partial charge in [-0.2, -0.15) is 9.78 Å². The van der Waals surface area contributed by atoms with Gasteiger partial charge < -0.3 is 5.32 Å². The Morgan fingerprint density at radius 3 is 2.56 bits per heavy atom. The van der Waals surface area contributed by atoms with Gasteiger partial charge >= 0.3 is 0 Å². The number of amides is 1. The Hall–Kier alpha value is -3.82. The third-order valence-electron chi connectivity index (χ3n) is 3.67. The molecule has 0 fully saturated rings. The lowest BCUT2D eigenvalue weighted by molar-refractivity contribution is -0.384. The number of nitrogens with one attached hydrogen (secondary N) is 2. The van der Waals surface area contributed by atoms with Gasteiger partial charge in [-0.1, -0.05) is 12.1 Å². The maximum Gasteiger partial charge on any atom is 0.269 e. The summed E-state index contributed by atoms with van der Waals surface area (Å²) in [7, 11) is 0. The van der Waals surface area contributed by atoms with Crippen molar-refractivity contribution in [1.82, 2.24) is 19.7 Å². The van der Waals surface area contributed by atoms with E-state index in [0.29, 0.717) is 22.8 Å². The van der Waals surface area contributed by atoms with Crippen molar-refractivity contribution < 1.29 is 9.72 Å². The zero-order valence-corrected chi connectivity index (χ0v) is 14.6. The van der Waals surface area contributed by atoms with Crippen LogP contribution in [0.1, 0.15) is 17.0 Å². The van der Waals surface area contributed by atoms with Gasteiger partial charge in [0.15, 0.2) is 0 Å². The standard InChI is InChI=1S/C17H16N6O4/c1-10-8-15(24)20-17(18-10)22-14(7-11(2)21-22)19-16(25)9-12-3-5-13(6-4-12)23(26)27/h3-8H,9H2,1-2H3,(H,19,25)(H,18,20,24). The molecule has 0 saturated heterocycles. The van der Waals surface area contributed by atoms with E-state index in [1.807, 2.05) is 0 Å². The Morgan fingerprint density at radius 1 is 1.22 bits per heavy atom. The first-order valence-electron chi connectivity index (χ1n) is 8.00. The van der Waals surface area contributed by atoms with Crippen LogP contribution in [0.4, 0.5) is 11.5 Å². The second kappa shape index (κ2) is 7.20. The van der Waals surface area contributed by atoms with Crippen molar-refractivity contribution in [1.29, 1.82) is 0 Å². The predicted octanol–water partition coefficient (Wildman–Crippen LogP) is 1.66. The van der Waals surface area contributed by atoms with Crippen LogP contribution >= 0.6 is 0 Å². The maximum absolute atomic E-state index is 12.3. The molecule has 10 nitrogen and oxygen atoms in total. The first-order chi connectivity index (χ1) is 12.8. The molecule has 1 aromatic carbocycles. The molecule has 2 aromatic heterocycles. The van der Waals surface area contributed by atoms with Gasteiger partial charge in [-0.25, -0.2) is 4.98 Å². The predicted molar refractivity (Wildman–Crippen MR) is 96.9 cm³/mol. The minimum absolute atomic E-state index is 0.0278. The van der Waals surface area contributed by atoms with Gasteiger partial charge in [-0.05, 0) is 19.4 Å². The lowest BCUT2D eigenvalue weighted by atomic mass is 10.1. The number of nitro groups is 1. The highest BCUT2D eigenvalue weighted by Crippen LogP contribution is 2.16. The van der Waals surface area contributed by atoms with Gasteiger partial charge in [-0.3, -0.25) is 24.7 Å². The normalized spacial score (nSPS) is 10.6. The molecule has 0 bridgehead atoms. The van der Waals surface area contributed by atoms with Gasteiger partial charge in [-0.15, -0.1) is 0 Å². The largest absolute Gasteiger partial charge is 0.310 e. The number of benzene rings is 1. The van der Waals surface area contributed by atoms with E-state index in [1.54, 1.807) is 19.9 Å². The molecular formula is C17H16N6O4. The van der Waals surface area contributed by atoms with Crippen LogP contribution in [0.5, 0.6) is 0 Å². The topological polar surface area (TPSA) is 136 Å². The lowest BCUT2D eigenvalue weighted by Gasteiger charge is -2.08. The Kier molecular flexibility index (Phi) is 4.79. The lowest BCUT2D eigenvalue weighted by Crippen LogP contribution is -2.20. The molecule has 0 saturated carbocycles. The van der Waals surface area contributed by atoms with Gasteiger partial charge in [0.1, 0.15) is 5.82 Å². The number of aryl methyl sites for hydroxylation is 2. The quantitative estimate of drug-likeness (QED) is 0.519. The molecular weight excluding hydrogens is 352 g/mol. The number of carbonyl (C=O) groups excluding carboxylic acids is 1. The fourth-order valence-electron chi connectivity index (χ4n) is 2.52. The molecule has 0 aliphatic carbocycles. The third-order valence-corrected chi connectivity index (χ3v) is 3.67. The number of carbonyl (C=O) groups is 1. The molecule has 2 heterocycles. The SMILES string of the molecule is Cc1cc(=O)[nH]c(-n2nc(C)cc2NC(=O)Cc2ccc([N+](=O)[O-])cc2)n1. The molecule has 0 aliphatic heterocycles. The summed E-state index contributed by atoms with van der Waals surface area (Å²) >= 11 is 0. The molecule has 3 rings (SSSR count). The van der Waals surface area contributed by atoms with E-state index >= 15 is 0 Å². The number of nitrogens with zero attached hydrogens (tertiary/aromatic N) is 4. The van der Waals surface area contributed by atoms with Crippen LogP contribution < -0.4 is 10.9 Å². The van der Waals surface area contributed by atoms with E-state index in [2.05, 4.69) is 20.4 Å². The van der Waals surface area contributed by atoms with E-state index in [4.69, 9.17) is 0 Å². The van der Waals surface area contributed by atoms with Crippen molar-refractivity contribution in [2.45, 2.75) is 20.3 Å². The summed E-state index contributed by atoms with van der Waals surface area (Å²) in [5, 5.41) is 17.7. The number of hydrogen-bond acceptors (Lipinski definition) is 6. The number of nitro benzene ring substituents is 1. The van der Waals surface area contributed by atoms with Crippen molar-refractivity contribution in [2.24, 2.45) is 0 Å². The monoisotopic (exact) mass is 368 g/mol. The molecule has 10 heteroatoms. The van der Waals surface area contributed by atoms with Crippen molar-refractivity contribution in [3.63, 3.8) is 0 Å². The Morgan fingerprint density at radius 2 is 1.93 bits per heavy atom. The average Bonchev–Trinajstić information content (AvgIpc) is 2.94. The third kappa shape index (κ3) is 4.24. The molecule has 0 spiro atoms. The molecule has 2 N–H and O–H groups in total. The Bertz CT molecular complexity index is 1070. The summed E-state index contributed by atoms with van der Waals surface area (Å²) in [6.45, 7) is 3.43. The first-order valence-corrected chi connectivity index (χ1v) is 8.00. The highest BCUT2D eigenvalue weighted by Gasteiger charge is 2.14. The highest BCUT2D eigenvalue weighted by molar-refractivity contribution is 5.91. The van der Waals surface area contributed by atoms with Crippen LogP contribution in [0.2, 0.25) is 0 Å². The second-order valence-corrected chi connectivity index (χ2v) is 5.94. The molecule has 0 atom stereocenters. The summed E-state index contributed by atoms with van der Waals surface area (Å²) in [4.78, 5) is 41.0. The van der Waals surface area contributed by atoms with Gasteiger partial charge in [0.2, 0.25) is 11.9 Å². The fourth-order valence-corrected chi connectivity index (χ4v) is 2.52. The van der Waals surface area contributed by atoms with Crippen LogP contribution in [0, 0.1) is 24.0 Å². The molecule has 3 aromatic rings. The van der Waals surface area contributed by atoms with Crippen LogP contribution in [0.3, 0.4) is 0 Å². The van der Waals surface area contributed by atoms with E-state index in [9.17, 15) is 19.7 Å². The van der Waals surface area contributed by atoms with Crippen LogP contribution in [-0.4, -0.2) is 30.6 Å². The number of rotatable bonds is 5. The zero-order valence-electron chi connectivity index (χ0n) is 14.6.